The highest BCUT2D eigenvalue weighted by Crippen LogP contribution is 2.39. The summed E-state index contributed by atoms with van der Waals surface area (Å²) in [7, 11) is 0.866. The van der Waals surface area contributed by atoms with Crippen LogP contribution in [0.1, 0.15) is 44.1 Å². The second kappa shape index (κ2) is 18.2. The minimum Gasteiger partial charge on any atom is -0.493 e. The van der Waals surface area contributed by atoms with Crippen LogP contribution in [-0.2, 0) is 30.2 Å². The van der Waals surface area contributed by atoms with Crippen LogP contribution in [0.4, 0.5) is 0 Å². The van der Waals surface area contributed by atoms with E-state index in [-0.39, 0.29) is 31.7 Å². The number of rotatable bonds is 19. The number of carbonyl (C=O) groups excluding carboxylic acids is 1. The monoisotopic (exact) mass is 814 g/mol. The van der Waals surface area contributed by atoms with Crippen molar-refractivity contribution in [3.63, 3.8) is 0 Å². The molecule has 0 unspecified atom stereocenters. The zero-order chi connectivity index (χ0) is 34.9. The van der Waals surface area contributed by atoms with Crippen LogP contribution in [0.25, 0.3) is 0 Å². The van der Waals surface area contributed by atoms with Crippen molar-refractivity contribution >= 4 is 44.6 Å². The van der Waals surface area contributed by atoms with E-state index >= 15 is 0 Å². The van der Waals surface area contributed by atoms with E-state index in [1.807, 2.05) is 17.0 Å². The fraction of sp³-hybridized carbons (Fsp3) is 0.694. The van der Waals surface area contributed by atoms with Gasteiger partial charge in [0.25, 0.3) is 5.91 Å². The lowest BCUT2D eigenvalue weighted by molar-refractivity contribution is -0.154. The highest BCUT2D eigenvalue weighted by atomic mass is 127. The van der Waals surface area contributed by atoms with Crippen LogP contribution in [0.15, 0.2) is 35.2 Å². The number of hydrogen-bond acceptors (Lipinski definition) is 8. The van der Waals surface area contributed by atoms with Crippen LogP contribution in [0.5, 0.6) is 11.5 Å². The van der Waals surface area contributed by atoms with Gasteiger partial charge in [0.15, 0.2) is 11.5 Å². The molecule has 1 N–H and O–H groups in total. The van der Waals surface area contributed by atoms with Gasteiger partial charge < -0.3 is 38.6 Å². The van der Waals surface area contributed by atoms with Crippen LogP contribution in [0.2, 0.25) is 51.4 Å². The molecule has 1 saturated carbocycles. The van der Waals surface area contributed by atoms with Crippen molar-refractivity contribution in [3.05, 3.63) is 44.3 Å². The molecule has 1 aromatic carbocycles. The van der Waals surface area contributed by atoms with Crippen LogP contribution in [-0.4, -0.2) is 92.8 Å². The van der Waals surface area contributed by atoms with Gasteiger partial charge in [0.2, 0.25) is 0 Å². The third kappa shape index (κ3) is 11.6. The maximum Gasteiger partial charge on any atom is 0.274 e. The van der Waals surface area contributed by atoms with Gasteiger partial charge in [0.1, 0.15) is 25.4 Å². The Kier molecular flexibility index (Phi) is 14.9. The number of amides is 1. The summed E-state index contributed by atoms with van der Waals surface area (Å²) in [5, 5.41) is 3.71. The molecule has 1 amide bonds. The van der Waals surface area contributed by atoms with Gasteiger partial charge in [-0.3, -0.25) is 4.79 Å². The minimum atomic E-state index is -1.22. The Morgan fingerprint density at radius 1 is 0.875 bits per heavy atom. The normalized spacial score (nSPS) is 20.6. The molecule has 1 aliphatic heterocycles. The van der Waals surface area contributed by atoms with E-state index in [4.69, 9.17) is 28.4 Å². The summed E-state index contributed by atoms with van der Waals surface area (Å²) in [6.07, 6.45) is 8.44. The molecule has 3 aliphatic rings. The third-order valence-electron chi connectivity index (χ3n) is 9.27. The summed E-state index contributed by atoms with van der Waals surface area (Å²) in [6.45, 7) is 16.3. The molecule has 0 spiro atoms. The van der Waals surface area contributed by atoms with Gasteiger partial charge >= 0.3 is 0 Å². The first-order valence-electron chi connectivity index (χ1n) is 17.6. The second-order valence-corrected chi connectivity index (χ2v) is 28.0. The minimum absolute atomic E-state index is 0.0227. The molecular formula is C36H59IN2O7Si2. The van der Waals surface area contributed by atoms with E-state index in [9.17, 15) is 4.79 Å². The molecule has 1 heterocycles. The van der Waals surface area contributed by atoms with Crippen molar-refractivity contribution in [2.75, 3.05) is 47.6 Å². The number of fused-ring (bicyclic) bond motifs is 1. The molecule has 12 heteroatoms. The number of carbonyl (C=O) groups is 1. The molecule has 0 radical (unpaired) electrons. The summed E-state index contributed by atoms with van der Waals surface area (Å²) >= 11 is 2.33. The van der Waals surface area contributed by atoms with Gasteiger partial charge in [-0.25, -0.2) is 0 Å². The number of hydrogen-bond donors (Lipinski definition) is 1. The lowest BCUT2D eigenvalue weighted by Crippen LogP contribution is -2.38. The van der Waals surface area contributed by atoms with Crippen molar-refractivity contribution < 1.29 is 33.2 Å². The molecule has 0 saturated heterocycles. The van der Waals surface area contributed by atoms with Crippen molar-refractivity contribution in [2.24, 2.45) is 0 Å². The smallest absolute Gasteiger partial charge is 0.274 e. The molecule has 48 heavy (non-hydrogen) atoms. The maximum absolute atomic E-state index is 14.3. The van der Waals surface area contributed by atoms with Crippen LogP contribution >= 0.6 is 22.6 Å². The SMILES string of the molecule is COc1cc(I)c(CCN2C(=O)C(NC3CCCCC3)=C3C[C@@H](OCOCC[Si](C)(C)C)[C@H](OCOCC[Si](C)(C)C)C=C32)cc1OC. The van der Waals surface area contributed by atoms with E-state index in [1.165, 1.54) is 19.3 Å². The quantitative estimate of drug-likeness (QED) is 0.0664. The number of nitrogens with zero attached hydrogens (tertiary/aromatic N) is 1. The van der Waals surface area contributed by atoms with Crippen molar-refractivity contribution in [1.29, 1.82) is 0 Å². The van der Waals surface area contributed by atoms with Crippen LogP contribution in [0.3, 0.4) is 0 Å². The first-order chi connectivity index (χ1) is 22.8. The summed E-state index contributed by atoms with van der Waals surface area (Å²) < 4.78 is 36.8. The average molecular weight is 815 g/mol. The fourth-order valence-electron chi connectivity index (χ4n) is 6.23. The van der Waals surface area contributed by atoms with Gasteiger partial charge in [0, 0.05) is 63.2 Å². The Labute approximate surface area is 304 Å². The summed E-state index contributed by atoms with van der Waals surface area (Å²) in [5.41, 5.74) is 3.75. The van der Waals surface area contributed by atoms with Gasteiger partial charge in [-0.15, -0.1) is 0 Å². The first-order valence-corrected chi connectivity index (χ1v) is 26.1. The Morgan fingerprint density at radius 3 is 2.08 bits per heavy atom. The number of methoxy groups -OCH3 is 2. The highest BCUT2D eigenvalue weighted by Gasteiger charge is 2.42. The Hall–Kier alpha value is -1.43. The number of nitrogens with one attached hydrogen (secondary N) is 1. The van der Waals surface area contributed by atoms with Crippen molar-refractivity contribution in [1.82, 2.24) is 10.2 Å². The molecule has 1 aromatic rings. The van der Waals surface area contributed by atoms with Gasteiger partial charge in [0.05, 0.1) is 20.3 Å². The molecule has 4 rings (SSSR count). The van der Waals surface area contributed by atoms with E-state index < -0.39 is 16.1 Å². The Balaban J connectivity index is 1.57. The fourth-order valence-corrected chi connectivity index (χ4v) is 8.45. The van der Waals surface area contributed by atoms with Gasteiger partial charge in [-0.05, 0) is 77.7 Å². The Morgan fingerprint density at radius 2 is 1.48 bits per heavy atom. The zero-order valence-corrected chi connectivity index (χ0v) is 34.7. The third-order valence-corrected chi connectivity index (χ3v) is 13.7. The number of benzene rings is 1. The van der Waals surface area contributed by atoms with Gasteiger partial charge in [-0.1, -0.05) is 58.5 Å². The number of allylic oxidation sites excluding steroid dienone is 1. The second-order valence-electron chi connectivity index (χ2n) is 15.6. The number of ether oxygens (including phenoxy) is 6. The molecule has 1 fully saturated rings. The standard InChI is InChI=1S/C36H59IN2O7Si2/c1-41-31-20-26(29(37)22-32(31)42-2)14-15-39-30-23-34(46-25-44-17-19-48(6,7)8)33(45-24-43-16-18-47(3,4)5)21-28(30)35(36(39)40)38-27-12-10-9-11-13-27/h20,22-23,27,33-34,38H,9-19,21,24-25H2,1-8H3/t33-,34-/m1/s1. The predicted molar refractivity (Wildman–Crippen MR) is 205 cm³/mol. The van der Waals surface area contributed by atoms with E-state index in [1.54, 1.807) is 14.2 Å². The summed E-state index contributed by atoms with van der Waals surface area (Å²) in [5.74, 6) is 1.41. The predicted octanol–water partition coefficient (Wildman–Crippen LogP) is 7.55. The van der Waals surface area contributed by atoms with Crippen LogP contribution in [0, 0.1) is 3.57 Å². The summed E-state index contributed by atoms with van der Waals surface area (Å²) in [6, 6.07) is 6.46. The topological polar surface area (TPSA) is 87.7 Å². The largest absolute Gasteiger partial charge is 0.493 e. The van der Waals surface area contributed by atoms with E-state index in [2.05, 4.69) is 73.3 Å². The maximum atomic E-state index is 14.3. The average Bonchev–Trinajstić information content (AvgIpc) is 3.27. The molecule has 0 bridgehead atoms. The van der Waals surface area contributed by atoms with E-state index in [0.717, 1.165) is 45.3 Å². The van der Waals surface area contributed by atoms with Crippen molar-refractivity contribution in [2.45, 2.75) is 115 Å². The number of halogens is 1. The van der Waals surface area contributed by atoms with E-state index in [0.29, 0.717) is 55.8 Å². The molecule has 270 valence electrons. The Bertz CT molecular complexity index is 1290. The molecule has 9 nitrogen and oxygen atoms in total. The zero-order valence-electron chi connectivity index (χ0n) is 30.5. The highest BCUT2D eigenvalue weighted by molar-refractivity contribution is 14.1. The molecular weight excluding hydrogens is 755 g/mol. The molecule has 0 aromatic heterocycles. The van der Waals surface area contributed by atoms with Gasteiger partial charge in [-0.2, -0.15) is 0 Å². The lowest BCUT2D eigenvalue weighted by Gasteiger charge is -2.32. The molecule has 2 atom stereocenters. The van der Waals surface area contributed by atoms with Crippen LogP contribution < -0.4 is 14.8 Å². The van der Waals surface area contributed by atoms with Crippen molar-refractivity contribution in [3.8, 4) is 11.5 Å². The molecule has 2 aliphatic carbocycles. The first kappa shape index (κ1) is 39.4. The summed E-state index contributed by atoms with van der Waals surface area (Å²) in [4.78, 5) is 16.2. The lowest BCUT2D eigenvalue weighted by atomic mass is 9.92.